The van der Waals surface area contributed by atoms with Crippen molar-refractivity contribution >= 4 is 0 Å². The first-order valence-corrected chi connectivity index (χ1v) is 6.47. The van der Waals surface area contributed by atoms with Crippen molar-refractivity contribution in [3.63, 3.8) is 0 Å². The highest BCUT2D eigenvalue weighted by molar-refractivity contribution is 5.21. The fourth-order valence-corrected chi connectivity index (χ4v) is 2.25. The molecule has 4 heteroatoms. The first kappa shape index (κ1) is 14.6. The topological polar surface area (TPSA) is 26.0 Å². The van der Waals surface area contributed by atoms with E-state index in [9.17, 15) is 13.2 Å². The fraction of sp³-hybridized carbons (Fsp3) is 0.250. The molecule has 0 radical (unpaired) electrons. The molecular formula is C16H16F3N. The van der Waals surface area contributed by atoms with Crippen molar-refractivity contribution in [2.75, 3.05) is 6.54 Å². The first-order valence-electron chi connectivity index (χ1n) is 6.47. The summed E-state index contributed by atoms with van der Waals surface area (Å²) in [6, 6.07) is 9.61. The normalized spacial score (nSPS) is 12.4. The zero-order valence-corrected chi connectivity index (χ0v) is 11.0. The molecule has 2 rings (SSSR count). The highest BCUT2D eigenvalue weighted by atomic mass is 19.1. The summed E-state index contributed by atoms with van der Waals surface area (Å²) >= 11 is 0. The van der Waals surface area contributed by atoms with Gasteiger partial charge in [-0.2, -0.15) is 0 Å². The van der Waals surface area contributed by atoms with Crippen LogP contribution in [-0.4, -0.2) is 6.54 Å². The summed E-state index contributed by atoms with van der Waals surface area (Å²) in [5.74, 6) is -1.28. The molecule has 0 aliphatic heterocycles. The second-order valence-electron chi connectivity index (χ2n) is 4.88. The van der Waals surface area contributed by atoms with E-state index in [1.165, 1.54) is 18.2 Å². The van der Waals surface area contributed by atoms with Crippen molar-refractivity contribution in [2.45, 2.75) is 12.8 Å². The minimum atomic E-state index is -0.470. The molecule has 0 saturated heterocycles. The van der Waals surface area contributed by atoms with Crippen LogP contribution < -0.4 is 5.73 Å². The van der Waals surface area contributed by atoms with Gasteiger partial charge in [-0.25, -0.2) is 13.2 Å². The van der Waals surface area contributed by atoms with Gasteiger partial charge < -0.3 is 5.73 Å². The Balaban J connectivity index is 2.11. The molecule has 106 valence electrons. The third-order valence-corrected chi connectivity index (χ3v) is 3.26. The van der Waals surface area contributed by atoms with Gasteiger partial charge in [0.2, 0.25) is 0 Å². The molecule has 0 aromatic heterocycles. The van der Waals surface area contributed by atoms with Gasteiger partial charge in [0.1, 0.15) is 17.5 Å². The van der Waals surface area contributed by atoms with Crippen molar-refractivity contribution in [3.05, 3.63) is 71.0 Å². The van der Waals surface area contributed by atoms with Crippen LogP contribution in [0.3, 0.4) is 0 Å². The predicted octanol–water partition coefficient (Wildman–Crippen LogP) is 3.46. The van der Waals surface area contributed by atoms with Gasteiger partial charge in [0, 0.05) is 0 Å². The molecule has 20 heavy (non-hydrogen) atoms. The van der Waals surface area contributed by atoms with Gasteiger partial charge >= 0.3 is 0 Å². The molecule has 2 aromatic carbocycles. The molecule has 2 aromatic rings. The Morgan fingerprint density at radius 3 is 2.35 bits per heavy atom. The van der Waals surface area contributed by atoms with Crippen LogP contribution in [0, 0.1) is 23.4 Å². The smallest absolute Gasteiger partial charge is 0.126 e. The van der Waals surface area contributed by atoms with Gasteiger partial charge in [0.15, 0.2) is 0 Å². The number of hydrogen-bond acceptors (Lipinski definition) is 1. The summed E-state index contributed by atoms with van der Waals surface area (Å²) in [6.45, 7) is 0.326. The van der Waals surface area contributed by atoms with Gasteiger partial charge in [0.25, 0.3) is 0 Å². The Bertz CT molecular complexity index is 584. The maximum atomic E-state index is 13.6. The molecule has 0 spiro atoms. The van der Waals surface area contributed by atoms with E-state index in [0.29, 0.717) is 24.9 Å². The van der Waals surface area contributed by atoms with Crippen LogP contribution >= 0.6 is 0 Å². The molecule has 0 saturated carbocycles. The predicted molar refractivity (Wildman–Crippen MR) is 72.7 cm³/mol. The number of rotatable bonds is 5. The third-order valence-electron chi connectivity index (χ3n) is 3.26. The summed E-state index contributed by atoms with van der Waals surface area (Å²) < 4.78 is 39.9. The van der Waals surface area contributed by atoms with Crippen molar-refractivity contribution in [1.29, 1.82) is 0 Å². The molecule has 0 amide bonds. The Labute approximate surface area is 116 Å². The van der Waals surface area contributed by atoms with E-state index in [0.717, 1.165) is 17.7 Å². The van der Waals surface area contributed by atoms with Crippen molar-refractivity contribution in [3.8, 4) is 0 Å². The van der Waals surface area contributed by atoms with Crippen LogP contribution in [0.25, 0.3) is 0 Å². The van der Waals surface area contributed by atoms with Gasteiger partial charge in [0.05, 0.1) is 0 Å². The Morgan fingerprint density at radius 2 is 1.65 bits per heavy atom. The van der Waals surface area contributed by atoms with Crippen LogP contribution in [0.4, 0.5) is 13.2 Å². The monoisotopic (exact) mass is 279 g/mol. The van der Waals surface area contributed by atoms with E-state index >= 15 is 0 Å². The lowest BCUT2D eigenvalue weighted by Gasteiger charge is -2.15. The number of benzene rings is 2. The van der Waals surface area contributed by atoms with E-state index in [1.54, 1.807) is 12.1 Å². The summed E-state index contributed by atoms with van der Waals surface area (Å²) in [5.41, 5.74) is 6.79. The Morgan fingerprint density at radius 1 is 0.900 bits per heavy atom. The molecule has 0 aliphatic carbocycles. The minimum Gasteiger partial charge on any atom is -0.330 e. The maximum Gasteiger partial charge on any atom is 0.126 e. The third kappa shape index (κ3) is 3.84. The first-order chi connectivity index (χ1) is 9.58. The SMILES string of the molecule is NCC(Cc1cccc(F)c1)Cc1cc(F)ccc1F. The molecule has 0 heterocycles. The van der Waals surface area contributed by atoms with Crippen LogP contribution in [0.15, 0.2) is 42.5 Å². The van der Waals surface area contributed by atoms with Crippen LogP contribution in [0.5, 0.6) is 0 Å². The summed E-state index contributed by atoms with van der Waals surface area (Å²) in [6.07, 6.45) is 0.862. The van der Waals surface area contributed by atoms with E-state index in [-0.39, 0.29) is 11.7 Å². The maximum absolute atomic E-state index is 13.6. The quantitative estimate of drug-likeness (QED) is 0.891. The second kappa shape index (κ2) is 6.57. The van der Waals surface area contributed by atoms with E-state index in [1.807, 2.05) is 0 Å². The van der Waals surface area contributed by atoms with Gasteiger partial charge in [-0.05, 0) is 66.8 Å². The number of nitrogens with two attached hydrogens (primary N) is 1. The minimum absolute atomic E-state index is 0.0619. The van der Waals surface area contributed by atoms with Gasteiger partial charge in [-0.3, -0.25) is 0 Å². The summed E-state index contributed by atoms with van der Waals surface area (Å²) in [4.78, 5) is 0. The number of hydrogen-bond donors (Lipinski definition) is 1. The largest absolute Gasteiger partial charge is 0.330 e. The Hall–Kier alpha value is -1.81. The molecular weight excluding hydrogens is 263 g/mol. The molecule has 1 unspecified atom stereocenters. The Kier molecular flexibility index (Phi) is 4.79. The number of halogens is 3. The molecule has 0 fully saturated rings. The highest BCUT2D eigenvalue weighted by Crippen LogP contribution is 2.18. The fourth-order valence-electron chi connectivity index (χ4n) is 2.25. The lowest BCUT2D eigenvalue weighted by Crippen LogP contribution is -2.20. The van der Waals surface area contributed by atoms with Crippen LogP contribution in [0.2, 0.25) is 0 Å². The van der Waals surface area contributed by atoms with Crippen molar-refractivity contribution in [1.82, 2.24) is 0 Å². The molecule has 1 atom stereocenters. The van der Waals surface area contributed by atoms with E-state index < -0.39 is 11.6 Å². The van der Waals surface area contributed by atoms with Gasteiger partial charge in [-0.15, -0.1) is 0 Å². The molecule has 0 bridgehead atoms. The van der Waals surface area contributed by atoms with Crippen LogP contribution in [0.1, 0.15) is 11.1 Å². The lowest BCUT2D eigenvalue weighted by molar-refractivity contribution is 0.505. The average molecular weight is 279 g/mol. The zero-order valence-electron chi connectivity index (χ0n) is 11.0. The van der Waals surface area contributed by atoms with Crippen LogP contribution in [-0.2, 0) is 12.8 Å². The standard InChI is InChI=1S/C16H16F3N/c17-14-3-1-2-11(8-14)6-12(10-20)7-13-9-15(18)4-5-16(13)19/h1-5,8-9,12H,6-7,10,20H2. The molecule has 0 aliphatic rings. The zero-order chi connectivity index (χ0) is 14.5. The second-order valence-corrected chi connectivity index (χ2v) is 4.88. The summed E-state index contributed by atoms with van der Waals surface area (Å²) in [7, 11) is 0. The summed E-state index contributed by atoms with van der Waals surface area (Å²) in [5, 5.41) is 0. The van der Waals surface area contributed by atoms with Crippen molar-refractivity contribution < 1.29 is 13.2 Å². The van der Waals surface area contributed by atoms with E-state index in [2.05, 4.69) is 0 Å². The average Bonchev–Trinajstić information content (AvgIpc) is 2.42. The lowest BCUT2D eigenvalue weighted by atomic mass is 9.92. The van der Waals surface area contributed by atoms with Crippen molar-refractivity contribution in [2.24, 2.45) is 11.7 Å². The molecule has 2 N–H and O–H groups in total. The molecule has 1 nitrogen and oxygen atoms in total. The highest BCUT2D eigenvalue weighted by Gasteiger charge is 2.13. The van der Waals surface area contributed by atoms with E-state index in [4.69, 9.17) is 5.73 Å². The van der Waals surface area contributed by atoms with Gasteiger partial charge in [-0.1, -0.05) is 12.1 Å².